The lowest BCUT2D eigenvalue weighted by Gasteiger charge is -2.24. The van der Waals surface area contributed by atoms with Crippen molar-refractivity contribution in [2.45, 2.75) is 33.2 Å². The molecule has 1 heterocycles. The Labute approximate surface area is 148 Å². The number of benzene rings is 1. The van der Waals surface area contributed by atoms with E-state index in [2.05, 4.69) is 5.32 Å². The third-order valence-corrected chi connectivity index (χ3v) is 5.02. The van der Waals surface area contributed by atoms with Crippen LogP contribution in [-0.2, 0) is 21.4 Å². The lowest BCUT2D eigenvalue weighted by Crippen LogP contribution is -2.32. The van der Waals surface area contributed by atoms with Crippen molar-refractivity contribution in [1.82, 2.24) is 5.32 Å². The van der Waals surface area contributed by atoms with E-state index in [0.29, 0.717) is 24.4 Å². The molecule has 0 unspecified atom stereocenters. The second-order valence-corrected chi connectivity index (χ2v) is 7.99. The van der Waals surface area contributed by atoms with E-state index in [1.807, 2.05) is 32.0 Å². The van der Waals surface area contributed by atoms with Crippen molar-refractivity contribution in [1.29, 1.82) is 0 Å². The fourth-order valence-electron chi connectivity index (χ4n) is 2.52. The summed E-state index contributed by atoms with van der Waals surface area (Å²) in [7, 11) is -3.42. The zero-order valence-corrected chi connectivity index (χ0v) is 15.6. The van der Waals surface area contributed by atoms with Gasteiger partial charge in [-0.25, -0.2) is 8.42 Å². The van der Waals surface area contributed by atoms with Crippen molar-refractivity contribution in [2.24, 2.45) is 0 Å². The summed E-state index contributed by atoms with van der Waals surface area (Å²) in [6.07, 6.45) is 3.42. The van der Waals surface area contributed by atoms with Gasteiger partial charge < -0.3 is 9.73 Å². The number of nitrogens with zero attached hydrogens (tertiary/aromatic N) is 1. The Bertz CT molecular complexity index is 814. The lowest BCUT2D eigenvalue weighted by molar-refractivity contribution is -0.121. The minimum atomic E-state index is -3.42. The van der Waals surface area contributed by atoms with Crippen LogP contribution in [0, 0.1) is 13.8 Å². The van der Waals surface area contributed by atoms with Gasteiger partial charge in [-0.2, -0.15) is 0 Å². The zero-order valence-electron chi connectivity index (χ0n) is 14.8. The van der Waals surface area contributed by atoms with Gasteiger partial charge in [-0.3, -0.25) is 9.10 Å². The molecular weight excluding hydrogens is 340 g/mol. The monoisotopic (exact) mass is 364 g/mol. The van der Waals surface area contributed by atoms with Gasteiger partial charge in [0.2, 0.25) is 15.9 Å². The molecule has 0 bridgehead atoms. The zero-order chi connectivity index (χ0) is 18.4. The summed E-state index contributed by atoms with van der Waals surface area (Å²) in [5, 5.41) is 2.76. The Balaban J connectivity index is 1.94. The van der Waals surface area contributed by atoms with Gasteiger partial charge in [-0.05, 0) is 49.6 Å². The molecule has 0 atom stereocenters. The molecule has 2 rings (SSSR count). The van der Waals surface area contributed by atoms with Crippen LogP contribution in [0.3, 0.4) is 0 Å². The standard InChI is InChI=1S/C18H24N2O4S/c1-14-8-9-15(2)17(12-14)20(25(3,22)23)10-4-7-18(21)19-13-16-6-5-11-24-16/h5-6,8-9,11-12H,4,7,10,13H2,1-3H3,(H,19,21). The number of rotatable bonds is 8. The maximum Gasteiger partial charge on any atom is 0.232 e. The molecule has 6 nitrogen and oxygen atoms in total. The van der Waals surface area contributed by atoms with E-state index in [1.54, 1.807) is 18.4 Å². The molecule has 1 N–H and O–H groups in total. The van der Waals surface area contributed by atoms with Crippen molar-refractivity contribution in [3.8, 4) is 0 Å². The maximum atomic E-state index is 12.2. The number of carbonyl (C=O) groups excluding carboxylic acids is 1. The van der Waals surface area contributed by atoms with Crippen molar-refractivity contribution in [3.63, 3.8) is 0 Å². The molecule has 136 valence electrons. The molecule has 0 radical (unpaired) electrons. The molecule has 7 heteroatoms. The highest BCUT2D eigenvalue weighted by Gasteiger charge is 2.19. The fourth-order valence-corrected chi connectivity index (χ4v) is 3.54. The molecular formula is C18H24N2O4S. The average Bonchev–Trinajstić information content (AvgIpc) is 3.04. The molecule has 1 aromatic carbocycles. The number of furan rings is 1. The minimum Gasteiger partial charge on any atom is -0.467 e. The first kappa shape index (κ1) is 19.1. The molecule has 1 aromatic heterocycles. The smallest absolute Gasteiger partial charge is 0.232 e. The summed E-state index contributed by atoms with van der Waals surface area (Å²) in [5.74, 6) is 0.548. The van der Waals surface area contributed by atoms with E-state index in [9.17, 15) is 13.2 Å². The third kappa shape index (κ3) is 5.63. The highest BCUT2D eigenvalue weighted by Crippen LogP contribution is 2.24. The second kappa shape index (κ2) is 8.20. The Morgan fingerprint density at radius 1 is 1.24 bits per heavy atom. The number of amides is 1. The Kier molecular flexibility index (Phi) is 6.25. The first-order chi connectivity index (χ1) is 11.8. The molecule has 0 aliphatic rings. The number of carbonyl (C=O) groups is 1. The molecule has 0 saturated heterocycles. The maximum absolute atomic E-state index is 12.2. The van der Waals surface area contributed by atoms with Crippen molar-refractivity contribution >= 4 is 21.6 Å². The predicted octanol–water partition coefficient (Wildman–Crippen LogP) is 2.76. The Morgan fingerprint density at radius 3 is 2.64 bits per heavy atom. The van der Waals surface area contributed by atoms with E-state index in [4.69, 9.17) is 4.42 Å². The van der Waals surface area contributed by atoms with Gasteiger partial charge in [0.25, 0.3) is 0 Å². The van der Waals surface area contributed by atoms with Gasteiger partial charge in [0.15, 0.2) is 0 Å². The molecule has 0 spiro atoms. The van der Waals surface area contributed by atoms with Crippen LogP contribution in [0.4, 0.5) is 5.69 Å². The lowest BCUT2D eigenvalue weighted by atomic mass is 10.1. The predicted molar refractivity (Wildman–Crippen MR) is 97.9 cm³/mol. The van der Waals surface area contributed by atoms with Gasteiger partial charge in [0.1, 0.15) is 5.76 Å². The second-order valence-electron chi connectivity index (χ2n) is 6.08. The fraction of sp³-hybridized carbons (Fsp3) is 0.389. The van der Waals surface area contributed by atoms with Crippen LogP contribution in [0.15, 0.2) is 41.0 Å². The highest BCUT2D eigenvalue weighted by atomic mass is 32.2. The molecule has 0 fully saturated rings. The van der Waals surface area contributed by atoms with Gasteiger partial charge in [0.05, 0.1) is 24.8 Å². The van der Waals surface area contributed by atoms with E-state index in [0.717, 1.165) is 11.1 Å². The number of nitrogens with one attached hydrogen (secondary N) is 1. The number of anilines is 1. The van der Waals surface area contributed by atoms with Crippen LogP contribution in [0.25, 0.3) is 0 Å². The van der Waals surface area contributed by atoms with E-state index >= 15 is 0 Å². The number of hydrogen-bond donors (Lipinski definition) is 1. The summed E-state index contributed by atoms with van der Waals surface area (Å²) in [4.78, 5) is 11.9. The van der Waals surface area contributed by atoms with Crippen molar-refractivity contribution < 1.29 is 17.6 Å². The van der Waals surface area contributed by atoms with Crippen LogP contribution in [-0.4, -0.2) is 27.1 Å². The molecule has 0 aliphatic heterocycles. The number of hydrogen-bond acceptors (Lipinski definition) is 4. The quantitative estimate of drug-likeness (QED) is 0.781. The van der Waals surface area contributed by atoms with Crippen LogP contribution < -0.4 is 9.62 Å². The van der Waals surface area contributed by atoms with Gasteiger partial charge >= 0.3 is 0 Å². The normalized spacial score (nSPS) is 11.3. The van der Waals surface area contributed by atoms with E-state index in [1.165, 1.54) is 10.6 Å². The largest absolute Gasteiger partial charge is 0.467 e. The summed E-state index contributed by atoms with van der Waals surface area (Å²) in [5.41, 5.74) is 2.54. The number of aryl methyl sites for hydroxylation is 2. The van der Waals surface area contributed by atoms with E-state index in [-0.39, 0.29) is 18.9 Å². The molecule has 25 heavy (non-hydrogen) atoms. The molecule has 0 saturated carbocycles. The summed E-state index contributed by atoms with van der Waals surface area (Å²) < 4.78 is 30.9. The first-order valence-corrected chi connectivity index (χ1v) is 9.96. The molecule has 2 aromatic rings. The topological polar surface area (TPSA) is 79.6 Å². The van der Waals surface area contributed by atoms with Crippen molar-refractivity contribution in [3.05, 3.63) is 53.5 Å². The SMILES string of the molecule is Cc1ccc(C)c(N(CCCC(=O)NCc2ccco2)S(C)(=O)=O)c1. The van der Waals surface area contributed by atoms with Gasteiger partial charge in [-0.15, -0.1) is 0 Å². The third-order valence-electron chi connectivity index (χ3n) is 3.84. The summed E-state index contributed by atoms with van der Waals surface area (Å²) in [6, 6.07) is 9.25. The average molecular weight is 364 g/mol. The van der Waals surface area contributed by atoms with Crippen LogP contribution in [0.5, 0.6) is 0 Å². The van der Waals surface area contributed by atoms with Crippen LogP contribution in [0.1, 0.15) is 29.7 Å². The highest BCUT2D eigenvalue weighted by molar-refractivity contribution is 7.92. The minimum absolute atomic E-state index is 0.134. The Morgan fingerprint density at radius 2 is 2.00 bits per heavy atom. The molecule has 0 aliphatic carbocycles. The molecule has 1 amide bonds. The Hall–Kier alpha value is -2.28. The van der Waals surface area contributed by atoms with Crippen LogP contribution in [0.2, 0.25) is 0 Å². The first-order valence-electron chi connectivity index (χ1n) is 8.11. The summed E-state index contributed by atoms with van der Waals surface area (Å²) >= 11 is 0. The van der Waals surface area contributed by atoms with Crippen molar-refractivity contribution in [2.75, 3.05) is 17.1 Å². The van der Waals surface area contributed by atoms with Crippen LogP contribution >= 0.6 is 0 Å². The van der Waals surface area contributed by atoms with E-state index < -0.39 is 10.0 Å². The van der Waals surface area contributed by atoms with Gasteiger partial charge in [0, 0.05) is 13.0 Å². The van der Waals surface area contributed by atoms with Gasteiger partial charge in [-0.1, -0.05) is 12.1 Å². The number of sulfonamides is 1. The summed E-state index contributed by atoms with van der Waals surface area (Å²) in [6.45, 7) is 4.39.